The Morgan fingerprint density at radius 1 is 1.54 bits per heavy atom. The second-order valence-corrected chi connectivity index (χ2v) is 3.39. The van der Waals surface area contributed by atoms with Gasteiger partial charge in [0.25, 0.3) is 0 Å². The number of halogens is 1. The summed E-state index contributed by atoms with van der Waals surface area (Å²) in [6.45, 7) is 2.01. The van der Waals surface area contributed by atoms with Gasteiger partial charge in [0.05, 0.1) is 5.33 Å². The maximum atomic E-state index is 11.4. The number of carbonyl (C=O) groups is 1. The van der Waals surface area contributed by atoms with Crippen molar-refractivity contribution in [3.63, 3.8) is 0 Å². The van der Waals surface area contributed by atoms with Crippen LogP contribution in [0.25, 0.3) is 0 Å². The molecule has 0 fully saturated rings. The zero-order chi connectivity index (χ0) is 9.84. The maximum absolute atomic E-state index is 11.4. The predicted molar refractivity (Wildman–Crippen MR) is 58.4 cm³/mol. The average molecular weight is 242 g/mol. The monoisotopic (exact) mass is 241 g/mol. The summed E-state index contributed by atoms with van der Waals surface area (Å²) in [5, 5.41) is 0.365. The van der Waals surface area contributed by atoms with Gasteiger partial charge in [-0.05, 0) is 30.2 Å². The summed E-state index contributed by atoms with van der Waals surface area (Å²) in [5.74, 6) is 0.108. The van der Waals surface area contributed by atoms with E-state index in [4.69, 9.17) is 5.73 Å². The van der Waals surface area contributed by atoms with Crippen molar-refractivity contribution in [1.82, 2.24) is 0 Å². The molecule has 0 radical (unpaired) electrons. The minimum atomic E-state index is 0.108. The molecule has 2 N–H and O–H groups in total. The van der Waals surface area contributed by atoms with Gasteiger partial charge in [-0.25, -0.2) is 0 Å². The van der Waals surface area contributed by atoms with Crippen molar-refractivity contribution in [3.8, 4) is 0 Å². The molecule has 0 unspecified atom stereocenters. The summed E-state index contributed by atoms with van der Waals surface area (Å²) >= 11 is 3.15. The van der Waals surface area contributed by atoms with Crippen molar-refractivity contribution >= 4 is 27.4 Å². The number of aryl methyl sites for hydroxylation is 1. The first-order valence-electron chi connectivity index (χ1n) is 4.16. The molecule has 13 heavy (non-hydrogen) atoms. The van der Waals surface area contributed by atoms with E-state index in [2.05, 4.69) is 15.9 Å². The average Bonchev–Trinajstić information content (AvgIpc) is 2.16. The highest BCUT2D eigenvalue weighted by atomic mass is 79.9. The molecule has 0 atom stereocenters. The van der Waals surface area contributed by atoms with E-state index in [1.54, 1.807) is 12.1 Å². The minimum absolute atomic E-state index is 0.108. The van der Waals surface area contributed by atoms with Crippen molar-refractivity contribution in [2.45, 2.75) is 13.3 Å². The lowest BCUT2D eigenvalue weighted by molar-refractivity contribution is 0.102. The standard InChI is InChI=1S/C10H12BrNO/c1-2-7-5-8(12)3-4-9(7)10(13)6-11/h3-5H,2,6,12H2,1H3. The van der Waals surface area contributed by atoms with Crippen LogP contribution in [-0.2, 0) is 6.42 Å². The number of nitrogens with two attached hydrogens (primary N) is 1. The van der Waals surface area contributed by atoms with Gasteiger partial charge < -0.3 is 5.73 Å². The van der Waals surface area contributed by atoms with Gasteiger partial charge in [-0.15, -0.1) is 0 Å². The van der Waals surface area contributed by atoms with Gasteiger partial charge in [0, 0.05) is 11.3 Å². The van der Waals surface area contributed by atoms with Crippen LogP contribution in [-0.4, -0.2) is 11.1 Å². The van der Waals surface area contributed by atoms with E-state index in [-0.39, 0.29) is 5.78 Å². The van der Waals surface area contributed by atoms with E-state index in [1.165, 1.54) is 0 Å². The third-order valence-corrected chi connectivity index (χ3v) is 2.44. The van der Waals surface area contributed by atoms with Gasteiger partial charge in [-0.1, -0.05) is 22.9 Å². The fourth-order valence-electron chi connectivity index (χ4n) is 1.25. The molecule has 1 aromatic carbocycles. The Balaban J connectivity index is 3.13. The van der Waals surface area contributed by atoms with Crippen LogP contribution in [0.2, 0.25) is 0 Å². The first kappa shape index (κ1) is 10.3. The SMILES string of the molecule is CCc1cc(N)ccc1C(=O)CBr. The molecule has 70 valence electrons. The third kappa shape index (κ3) is 2.31. The van der Waals surface area contributed by atoms with E-state index in [9.17, 15) is 4.79 Å². The zero-order valence-electron chi connectivity index (χ0n) is 7.51. The fraction of sp³-hybridized carbons (Fsp3) is 0.300. The van der Waals surface area contributed by atoms with Crippen LogP contribution in [0, 0.1) is 0 Å². The molecular formula is C10H12BrNO. The molecule has 0 heterocycles. The van der Waals surface area contributed by atoms with Gasteiger partial charge in [0.1, 0.15) is 0 Å². The van der Waals surface area contributed by atoms with Crippen LogP contribution >= 0.6 is 15.9 Å². The number of nitrogen functional groups attached to an aromatic ring is 1. The van der Waals surface area contributed by atoms with Crippen LogP contribution in [0.3, 0.4) is 0 Å². The molecule has 0 spiro atoms. The number of ketones is 1. The molecule has 1 aromatic rings. The number of anilines is 1. The van der Waals surface area contributed by atoms with Crippen molar-refractivity contribution in [2.75, 3.05) is 11.1 Å². The molecule has 3 heteroatoms. The lowest BCUT2D eigenvalue weighted by atomic mass is 10.0. The Labute approximate surface area is 86.3 Å². The van der Waals surface area contributed by atoms with Gasteiger partial charge >= 0.3 is 0 Å². The van der Waals surface area contributed by atoms with E-state index >= 15 is 0 Å². The molecule has 0 aliphatic heterocycles. The topological polar surface area (TPSA) is 43.1 Å². The number of rotatable bonds is 3. The summed E-state index contributed by atoms with van der Waals surface area (Å²) < 4.78 is 0. The normalized spacial score (nSPS) is 10.0. The molecule has 0 aliphatic carbocycles. The van der Waals surface area contributed by atoms with E-state index in [1.807, 2.05) is 13.0 Å². The van der Waals surface area contributed by atoms with Crippen molar-refractivity contribution in [2.24, 2.45) is 0 Å². The molecule has 2 nitrogen and oxygen atoms in total. The molecule has 0 amide bonds. The number of hydrogen-bond acceptors (Lipinski definition) is 2. The molecule has 0 saturated heterocycles. The lowest BCUT2D eigenvalue weighted by Gasteiger charge is -2.05. The van der Waals surface area contributed by atoms with Gasteiger partial charge in [-0.2, -0.15) is 0 Å². The summed E-state index contributed by atoms with van der Waals surface area (Å²) in [6, 6.07) is 5.41. The second kappa shape index (κ2) is 4.42. The van der Waals surface area contributed by atoms with Gasteiger partial charge in [0.15, 0.2) is 5.78 Å². The summed E-state index contributed by atoms with van der Waals surface area (Å²) in [6.07, 6.45) is 0.832. The number of hydrogen-bond donors (Lipinski definition) is 1. The predicted octanol–water partition coefficient (Wildman–Crippen LogP) is 2.41. The highest BCUT2D eigenvalue weighted by Crippen LogP contribution is 2.15. The minimum Gasteiger partial charge on any atom is -0.399 e. The quantitative estimate of drug-likeness (QED) is 0.502. The Morgan fingerprint density at radius 2 is 2.23 bits per heavy atom. The van der Waals surface area contributed by atoms with Crippen LogP contribution in [0.4, 0.5) is 5.69 Å². The highest BCUT2D eigenvalue weighted by molar-refractivity contribution is 9.09. The number of benzene rings is 1. The Kier molecular flexibility index (Phi) is 3.48. The van der Waals surface area contributed by atoms with Crippen LogP contribution in [0.1, 0.15) is 22.8 Å². The molecule has 0 aliphatic rings. The summed E-state index contributed by atoms with van der Waals surface area (Å²) in [4.78, 5) is 11.4. The molecule has 1 rings (SSSR count). The van der Waals surface area contributed by atoms with Crippen LogP contribution < -0.4 is 5.73 Å². The lowest BCUT2D eigenvalue weighted by Crippen LogP contribution is -2.04. The largest absolute Gasteiger partial charge is 0.399 e. The Hall–Kier alpha value is -0.830. The molecular weight excluding hydrogens is 230 g/mol. The molecule has 0 aromatic heterocycles. The van der Waals surface area contributed by atoms with Gasteiger partial charge in [0.2, 0.25) is 0 Å². The van der Waals surface area contributed by atoms with E-state index in [0.717, 1.165) is 17.5 Å². The smallest absolute Gasteiger partial charge is 0.173 e. The number of carbonyl (C=O) groups excluding carboxylic acids is 1. The second-order valence-electron chi connectivity index (χ2n) is 2.83. The first-order valence-corrected chi connectivity index (χ1v) is 5.28. The molecule has 0 saturated carbocycles. The van der Waals surface area contributed by atoms with E-state index < -0.39 is 0 Å². The van der Waals surface area contributed by atoms with Crippen molar-refractivity contribution < 1.29 is 4.79 Å². The Bertz CT molecular complexity index is 323. The van der Waals surface area contributed by atoms with Gasteiger partial charge in [-0.3, -0.25) is 4.79 Å². The summed E-state index contributed by atoms with van der Waals surface area (Å²) in [5.41, 5.74) is 8.12. The number of Topliss-reactive ketones (excluding diaryl/α,β-unsaturated/α-hetero) is 1. The Morgan fingerprint density at radius 3 is 2.77 bits per heavy atom. The highest BCUT2D eigenvalue weighted by Gasteiger charge is 2.08. The van der Waals surface area contributed by atoms with Crippen molar-refractivity contribution in [3.05, 3.63) is 29.3 Å². The summed E-state index contributed by atoms with van der Waals surface area (Å²) in [7, 11) is 0. The maximum Gasteiger partial charge on any atom is 0.173 e. The third-order valence-electron chi connectivity index (χ3n) is 1.93. The van der Waals surface area contributed by atoms with Crippen LogP contribution in [0.5, 0.6) is 0 Å². The van der Waals surface area contributed by atoms with E-state index in [0.29, 0.717) is 11.0 Å². The van der Waals surface area contributed by atoms with Crippen LogP contribution in [0.15, 0.2) is 18.2 Å². The van der Waals surface area contributed by atoms with Crippen molar-refractivity contribution in [1.29, 1.82) is 0 Å². The fourth-order valence-corrected chi connectivity index (χ4v) is 1.55. The first-order chi connectivity index (χ1) is 6.19. The zero-order valence-corrected chi connectivity index (χ0v) is 9.10. The number of alkyl halides is 1. The molecule has 0 bridgehead atoms.